The van der Waals surface area contributed by atoms with Gasteiger partial charge in [0.2, 0.25) is 0 Å². The fraction of sp³-hybridized carbons (Fsp3) is 0.0500. The van der Waals surface area contributed by atoms with Crippen LogP contribution in [0.4, 0.5) is 4.39 Å². The van der Waals surface area contributed by atoms with Crippen LogP contribution in [0.1, 0.15) is 5.56 Å². The van der Waals surface area contributed by atoms with Crippen molar-refractivity contribution in [2.75, 3.05) is 5.43 Å². The first-order chi connectivity index (χ1) is 13.6. The molecule has 2 heterocycles. The van der Waals surface area contributed by atoms with Crippen LogP contribution in [0, 0.1) is 5.82 Å². The van der Waals surface area contributed by atoms with Crippen molar-refractivity contribution < 1.29 is 4.39 Å². The van der Waals surface area contributed by atoms with E-state index in [2.05, 4.69) is 20.6 Å². The molecule has 4 aromatic rings. The number of rotatable bonds is 5. The van der Waals surface area contributed by atoms with Crippen molar-refractivity contribution in [1.82, 2.24) is 19.9 Å². The lowest BCUT2D eigenvalue weighted by Gasteiger charge is -2.14. The Hall–Kier alpha value is -2.96. The van der Waals surface area contributed by atoms with Crippen LogP contribution in [0.3, 0.4) is 0 Å². The Balaban J connectivity index is 1.73. The molecule has 0 bridgehead atoms. The van der Waals surface area contributed by atoms with Crippen LogP contribution in [0.15, 0.2) is 67.0 Å². The minimum atomic E-state index is -0.383. The summed E-state index contributed by atoms with van der Waals surface area (Å²) in [7, 11) is 0. The summed E-state index contributed by atoms with van der Waals surface area (Å²) in [5.41, 5.74) is 5.32. The highest BCUT2D eigenvalue weighted by atomic mass is 35.5. The Labute approximate surface area is 170 Å². The van der Waals surface area contributed by atoms with Crippen molar-refractivity contribution in [3.05, 3.63) is 88.4 Å². The lowest BCUT2D eigenvalue weighted by molar-refractivity contribution is 0.609. The van der Waals surface area contributed by atoms with Crippen molar-refractivity contribution in [2.45, 2.75) is 6.54 Å². The first-order valence-corrected chi connectivity index (χ1v) is 9.17. The van der Waals surface area contributed by atoms with E-state index >= 15 is 0 Å². The molecule has 140 valence electrons. The van der Waals surface area contributed by atoms with Crippen LogP contribution < -0.4 is 5.43 Å². The molecule has 0 aliphatic carbocycles. The Kier molecular flexibility index (Phi) is 5.23. The van der Waals surface area contributed by atoms with Crippen LogP contribution in [-0.2, 0) is 6.54 Å². The minimum Gasteiger partial charge on any atom is -0.318 e. The van der Waals surface area contributed by atoms with E-state index in [1.165, 1.54) is 6.07 Å². The van der Waals surface area contributed by atoms with Gasteiger partial charge in [0.05, 0.1) is 6.54 Å². The summed E-state index contributed by atoms with van der Waals surface area (Å²) >= 11 is 11.8. The summed E-state index contributed by atoms with van der Waals surface area (Å²) in [6.45, 7) is 0.222. The second-order valence-corrected chi connectivity index (χ2v) is 6.87. The molecule has 8 heteroatoms. The zero-order valence-electron chi connectivity index (χ0n) is 14.5. The number of halogens is 3. The van der Waals surface area contributed by atoms with Gasteiger partial charge in [-0.1, -0.05) is 29.3 Å². The third-order valence-corrected chi connectivity index (χ3v) is 4.63. The summed E-state index contributed by atoms with van der Waals surface area (Å²) in [5.74, 6) is 0.783. The Morgan fingerprint density at radius 2 is 1.43 bits per heavy atom. The molecule has 0 saturated heterocycles. The monoisotopic (exact) mass is 413 g/mol. The lowest BCUT2D eigenvalue weighted by atomic mass is 10.2. The van der Waals surface area contributed by atoms with Crippen molar-refractivity contribution in [2.24, 2.45) is 0 Å². The average molecular weight is 414 g/mol. The van der Waals surface area contributed by atoms with E-state index in [4.69, 9.17) is 23.2 Å². The molecule has 0 aliphatic heterocycles. The largest absolute Gasteiger partial charge is 0.318 e. The predicted octanol–water partition coefficient (Wildman–Crippen LogP) is 5.20. The molecule has 0 fully saturated rings. The summed E-state index contributed by atoms with van der Waals surface area (Å²) in [4.78, 5) is 4.03. The number of hydrogen-bond acceptors (Lipinski definition) is 4. The SMILES string of the molecule is Fc1cc(Cl)ccc1CNn1c(-c2ccncc2)nnc1-c1ccc(Cl)cc1. The molecule has 0 amide bonds. The van der Waals surface area contributed by atoms with E-state index in [1.54, 1.807) is 41.3 Å². The number of benzene rings is 2. The highest BCUT2D eigenvalue weighted by Gasteiger charge is 2.16. The van der Waals surface area contributed by atoms with Gasteiger partial charge in [-0.15, -0.1) is 10.2 Å². The number of pyridine rings is 1. The van der Waals surface area contributed by atoms with Crippen LogP contribution >= 0.6 is 23.2 Å². The summed E-state index contributed by atoms with van der Waals surface area (Å²) in [5, 5.41) is 9.60. The van der Waals surface area contributed by atoms with Crippen LogP contribution in [0.2, 0.25) is 10.0 Å². The fourth-order valence-corrected chi connectivity index (χ4v) is 3.02. The topological polar surface area (TPSA) is 55.6 Å². The first kappa shape index (κ1) is 18.4. The molecule has 0 radical (unpaired) electrons. The smallest absolute Gasteiger partial charge is 0.183 e. The number of hydrogen-bond donors (Lipinski definition) is 1. The van der Waals surface area contributed by atoms with Crippen molar-refractivity contribution >= 4 is 23.2 Å². The highest BCUT2D eigenvalue weighted by Crippen LogP contribution is 2.25. The van der Waals surface area contributed by atoms with Gasteiger partial charge >= 0.3 is 0 Å². The third-order valence-electron chi connectivity index (χ3n) is 4.15. The molecule has 5 nitrogen and oxygen atoms in total. The summed E-state index contributed by atoms with van der Waals surface area (Å²) < 4.78 is 15.9. The minimum absolute atomic E-state index is 0.222. The van der Waals surface area contributed by atoms with E-state index < -0.39 is 0 Å². The molecule has 0 spiro atoms. The number of aromatic nitrogens is 4. The molecule has 0 unspecified atom stereocenters. The summed E-state index contributed by atoms with van der Waals surface area (Å²) in [6, 6.07) is 15.5. The normalized spacial score (nSPS) is 10.8. The van der Waals surface area contributed by atoms with Gasteiger partial charge in [0.15, 0.2) is 11.6 Å². The standard InChI is InChI=1S/C20H14Cl2FN5/c21-16-4-1-13(2-5-16)19-26-27-20(14-7-9-24-10-8-14)28(19)25-12-15-3-6-17(22)11-18(15)23/h1-11,25H,12H2. The van der Waals surface area contributed by atoms with E-state index in [0.29, 0.717) is 27.3 Å². The van der Waals surface area contributed by atoms with Gasteiger partial charge in [-0.25, -0.2) is 9.07 Å². The van der Waals surface area contributed by atoms with Crippen molar-refractivity contribution in [3.8, 4) is 22.8 Å². The van der Waals surface area contributed by atoms with Crippen molar-refractivity contribution in [3.63, 3.8) is 0 Å². The molecule has 28 heavy (non-hydrogen) atoms. The zero-order valence-corrected chi connectivity index (χ0v) is 16.0. The molecule has 0 aliphatic rings. The van der Waals surface area contributed by atoms with Gasteiger partial charge in [-0.3, -0.25) is 4.98 Å². The molecule has 1 N–H and O–H groups in total. The average Bonchev–Trinajstić information content (AvgIpc) is 3.12. The maximum absolute atomic E-state index is 14.2. The Morgan fingerprint density at radius 3 is 2.07 bits per heavy atom. The van der Waals surface area contributed by atoms with E-state index in [1.807, 2.05) is 24.3 Å². The fourth-order valence-electron chi connectivity index (χ4n) is 2.74. The van der Waals surface area contributed by atoms with Gasteiger partial charge in [0.25, 0.3) is 0 Å². The van der Waals surface area contributed by atoms with E-state index in [9.17, 15) is 4.39 Å². The molecule has 0 atom stereocenters. The first-order valence-electron chi connectivity index (χ1n) is 8.41. The zero-order chi connectivity index (χ0) is 19.5. The predicted molar refractivity (Wildman–Crippen MR) is 108 cm³/mol. The molecular formula is C20H14Cl2FN5. The molecule has 2 aromatic heterocycles. The van der Waals surface area contributed by atoms with E-state index in [0.717, 1.165) is 11.1 Å². The molecule has 2 aromatic carbocycles. The van der Waals surface area contributed by atoms with Gasteiger partial charge in [-0.2, -0.15) is 0 Å². The molecule has 4 rings (SSSR count). The number of nitrogens with one attached hydrogen (secondary N) is 1. The maximum atomic E-state index is 14.2. The molecule has 0 saturated carbocycles. The van der Waals surface area contributed by atoms with Gasteiger partial charge in [-0.05, 0) is 48.5 Å². The van der Waals surface area contributed by atoms with Crippen LogP contribution in [0.25, 0.3) is 22.8 Å². The lowest BCUT2D eigenvalue weighted by Crippen LogP contribution is -2.17. The van der Waals surface area contributed by atoms with Crippen LogP contribution in [0.5, 0.6) is 0 Å². The van der Waals surface area contributed by atoms with Gasteiger partial charge in [0, 0.05) is 39.1 Å². The van der Waals surface area contributed by atoms with Crippen LogP contribution in [-0.4, -0.2) is 19.9 Å². The Bertz CT molecular complexity index is 1100. The van der Waals surface area contributed by atoms with Crippen molar-refractivity contribution in [1.29, 1.82) is 0 Å². The van der Waals surface area contributed by atoms with E-state index in [-0.39, 0.29) is 12.4 Å². The molecular weight excluding hydrogens is 400 g/mol. The quantitative estimate of drug-likeness (QED) is 0.488. The van der Waals surface area contributed by atoms with Gasteiger partial charge < -0.3 is 5.43 Å². The second-order valence-electron chi connectivity index (χ2n) is 6.00. The Morgan fingerprint density at radius 1 is 0.821 bits per heavy atom. The second kappa shape index (κ2) is 7.96. The summed E-state index contributed by atoms with van der Waals surface area (Å²) in [6.07, 6.45) is 3.35. The maximum Gasteiger partial charge on any atom is 0.183 e. The van der Waals surface area contributed by atoms with Gasteiger partial charge in [0.1, 0.15) is 5.82 Å². The highest BCUT2D eigenvalue weighted by molar-refractivity contribution is 6.30. The third kappa shape index (κ3) is 3.83. The number of nitrogens with zero attached hydrogens (tertiary/aromatic N) is 4.